The Hall–Kier alpha value is -1.14. The normalized spacial score (nSPS) is 9.79. The summed E-state index contributed by atoms with van der Waals surface area (Å²) in [5.74, 6) is -1.29. The number of carbonyl (C=O) groups excluding carboxylic acids is 1. The highest BCUT2D eigenvalue weighted by Gasteiger charge is 2.03. The molecule has 0 heterocycles. The average molecular weight is 205 g/mol. The van der Waals surface area contributed by atoms with Gasteiger partial charge < -0.3 is 20.3 Å². The van der Waals surface area contributed by atoms with E-state index < -0.39 is 5.97 Å². The lowest BCUT2D eigenvalue weighted by atomic mass is 10.3. The van der Waals surface area contributed by atoms with Gasteiger partial charge in [-0.25, -0.2) is 0 Å². The van der Waals surface area contributed by atoms with Crippen LogP contribution in [0.1, 0.15) is 12.8 Å². The van der Waals surface area contributed by atoms with Crippen LogP contribution in [0.15, 0.2) is 0 Å². The molecule has 6 heteroatoms. The molecule has 0 aliphatic rings. The minimum atomic E-state index is -0.989. The van der Waals surface area contributed by atoms with Crippen molar-refractivity contribution in [2.45, 2.75) is 12.8 Å². The van der Waals surface area contributed by atoms with E-state index >= 15 is 0 Å². The molecule has 0 spiro atoms. The number of amides is 1. The zero-order chi connectivity index (χ0) is 10.8. The minimum Gasteiger partial charge on any atom is -0.481 e. The van der Waals surface area contributed by atoms with Gasteiger partial charge in [-0.2, -0.15) is 0 Å². The molecule has 0 saturated carbocycles. The molecule has 0 rings (SSSR count). The molecule has 0 aromatic heterocycles. The van der Waals surface area contributed by atoms with Crippen molar-refractivity contribution in [3.63, 3.8) is 0 Å². The number of carboxylic acid groups (broad SMARTS) is 1. The third-order valence-corrected chi connectivity index (χ3v) is 1.37. The van der Waals surface area contributed by atoms with Crippen LogP contribution in [-0.2, 0) is 14.3 Å². The zero-order valence-electron chi connectivity index (χ0n) is 7.86. The van der Waals surface area contributed by atoms with Gasteiger partial charge >= 0.3 is 5.97 Å². The van der Waals surface area contributed by atoms with Crippen LogP contribution in [0, 0.1) is 0 Å². The Kier molecular flexibility index (Phi) is 7.77. The lowest BCUT2D eigenvalue weighted by molar-refractivity contribution is -0.138. The molecule has 3 N–H and O–H groups in total. The first kappa shape index (κ1) is 12.9. The van der Waals surface area contributed by atoms with Crippen molar-refractivity contribution < 1.29 is 24.5 Å². The van der Waals surface area contributed by atoms with E-state index in [1.54, 1.807) is 0 Å². The number of ether oxygens (including phenoxy) is 1. The van der Waals surface area contributed by atoms with Crippen molar-refractivity contribution in [2.24, 2.45) is 0 Å². The van der Waals surface area contributed by atoms with Gasteiger partial charge in [0.05, 0.1) is 26.2 Å². The van der Waals surface area contributed by atoms with Crippen molar-refractivity contribution in [1.82, 2.24) is 5.32 Å². The highest BCUT2D eigenvalue weighted by Crippen LogP contribution is 1.87. The fourth-order valence-electron chi connectivity index (χ4n) is 0.738. The molecule has 0 fully saturated rings. The van der Waals surface area contributed by atoms with Gasteiger partial charge in [0.1, 0.15) is 0 Å². The Balaban J connectivity index is 3.22. The highest BCUT2D eigenvalue weighted by atomic mass is 16.5. The summed E-state index contributed by atoms with van der Waals surface area (Å²) in [4.78, 5) is 21.0. The van der Waals surface area contributed by atoms with E-state index in [4.69, 9.17) is 14.9 Å². The lowest BCUT2D eigenvalue weighted by Crippen LogP contribution is -2.27. The maximum Gasteiger partial charge on any atom is 0.303 e. The summed E-state index contributed by atoms with van der Waals surface area (Å²) in [6, 6.07) is 0. The molecule has 14 heavy (non-hydrogen) atoms. The Morgan fingerprint density at radius 3 is 2.50 bits per heavy atom. The Bertz CT molecular complexity index is 183. The summed E-state index contributed by atoms with van der Waals surface area (Å²) in [6.45, 7) is 0.843. The van der Waals surface area contributed by atoms with E-state index in [-0.39, 0.29) is 32.0 Å². The first-order valence-corrected chi connectivity index (χ1v) is 4.34. The van der Waals surface area contributed by atoms with Crippen molar-refractivity contribution in [1.29, 1.82) is 0 Å². The molecule has 82 valence electrons. The van der Waals surface area contributed by atoms with E-state index in [0.717, 1.165) is 0 Å². The number of carboxylic acids is 1. The molecule has 0 radical (unpaired) electrons. The summed E-state index contributed by atoms with van der Waals surface area (Å²) in [5.41, 5.74) is 0. The topological polar surface area (TPSA) is 95.9 Å². The van der Waals surface area contributed by atoms with Crippen LogP contribution < -0.4 is 5.32 Å². The molecule has 0 atom stereocenters. The van der Waals surface area contributed by atoms with Crippen LogP contribution in [0.4, 0.5) is 0 Å². The van der Waals surface area contributed by atoms with Crippen LogP contribution in [0.5, 0.6) is 0 Å². The second-order valence-electron chi connectivity index (χ2n) is 2.58. The molecule has 0 aliphatic heterocycles. The van der Waals surface area contributed by atoms with Crippen LogP contribution >= 0.6 is 0 Å². The molecule has 0 unspecified atom stereocenters. The molecule has 0 aliphatic carbocycles. The number of hydrogen-bond donors (Lipinski definition) is 3. The van der Waals surface area contributed by atoms with Gasteiger partial charge in [0.2, 0.25) is 5.91 Å². The number of aliphatic hydroxyl groups excluding tert-OH is 1. The van der Waals surface area contributed by atoms with Crippen molar-refractivity contribution in [3.05, 3.63) is 0 Å². The Morgan fingerprint density at radius 2 is 1.93 bits per heavy atom. The molecule has 1 amide bonds. The highest BCUT2D eigenvalue weighted by molar-refractivity contribution is 5.80. The van der Waals surface area contributed by atoms with Gasteiger partial charge in [0.25, 0.3) is 0 Å². The van der Waals surface area contributed by atoms with Crippen LogP contribution in [-0.4, -0.2) is 48.5 Å². The SMILES string of the molecule is O=C(O)CCC(=O)NCCOCCO. The zero-order valence-corrected chi connectivity index (χ0v) is 7.86. The molecular formula is C8H15NO5. The largest absolute Gasteiger partial charge is 0.481 e. The van der Waals surface area contributed by atoms with Crippen molar-refractivity contribution in [3.8, 4) is 0 Å². The van der Waals surface area contributed by atoms with Gasteiger partial charge in [-0.15, -0.1) is 0 Å². The van der Waals surface area contributed by atoms with Crippen molar-refractivity contribution >= 4 is 11.9 Å². The Labute approximate surface area is 81.9 Å². The van der Waals surface area contributed by atoms with Gasteiger partial charge in [-0.05, 0) is 0 Å². The standard InChI is InChI=1S/C8H15NO5/c10-4-6-14-5-3-9-7(11)1-2-8(12)13/h10H,1-6H2,(H,9,11)(H,12,13). The number of carbonyl (C=O) groups is 2. The third-order valence-electron chi connectivity index (χ3n) is 1.37. The molecule has 6 nitrogen and oxygen atoms in total. The van der Waals surface area contributed by atoms with Gasteiger partial charge in [0.15, 0.2) is 0 Å². The van der Waals surface area contributed by atoms with Crippen LogP contribution in [0.2, 0.25) is 0 Å². The minimum absolute atomic E-state index is 0.0185. The fourth-order valence-corrected chi connectivity index (χ4v) is 0.738. The lowest BCUT2D eigenvalue weighted by Gasteiger charge is -2.04. The number of rotatable bonds is 8. The molecular weight excluding hydrogens is 190 g/mol. The van der Waals surface area contributed by atoms with Crippen molar-refractivity contribution in [2.75, 3.05) is 26.4 Å². The predicted octanol–water partition coefficient (Wildman–Crippen LogP) is -1.02. The quantitative estimate of drug-likeness (QED) is 0.441. The molecule has 0 aromatic rings. The first-order chi connectivity index (χ1) is 6.66. The molecule has 0 bridgehead atoms. The van der Waals surface area contributed by atoms with Gasteiger partial charge in [-0.1, -0.05) is 0 Å². The summed E-state index contributed by atoms with van der Waals surface area (Å²) in [6.07, 6.45) is -0.182. The second-order valence-corrected chi connectivity index (χ2v) is 2.58. The van der Waals surface area contributed by atoms with Gasteiger partial charge in [-0.3, -0.25) is 9.59 Å². The number of hydrogen-bond acceptors (Lipinski definition) is 4. The number of nitrogens with one attached hydrogen (secondary N) is 1. The summed E-state index contributed by atoms with van der Waals surface area (Å²) < 4.78 is 4.88. The smallest absolute Gasteiger partial charge is 0.303 e. The Morgan fingerprint density at radius 1 is 1.21 bits per heavy atom. The summed E-state index contributed by atoms with van der Waals surface area (Å²) in [5, 5.41) is 19.1. The maximum atomic E-state index is 10.9. The van der Waals surface area contributed by atoms with E-state index in [1.807, 2.05) is 0 Å². The van der Waals surface area contributed by atoms with Gasteiger partial charge in [0, 0.05) is 13.0 Å². The second kappa shape index (κ2) is 8.46. The average Bonchev–Trinajstić information content (AvgIpc) is 2.14. The predicted molar refractivity (Wildman–Crippen MR) is 47.8 cm³/mol. The summed E-state index contributed by atoms with van der Waals surface area (Å²) in [7, 11) is 0. The van der Waals surface area contributed by atoms with E-state index in [0.29, 0.717) is 13.2 Å². The molecule has 0 saturated heterocycles. The number of aliphatic hydroxyl groups is 1. The van der Waals surface area contributed by atoms with Crippen LogP contribution in [0.25, 0.3) is 0 Å². The van der Waals surface area contributed by atoms with Crippen LogP contribution in [0.3, 0.4) is 0 Å². The first-order valence-electron chi connectivity index (χ1n) is 4.34. The number of aliphatic carboxylic acids is 1. The van der Waals surface area contributed by atoms with E-state index in [1.165, 1.54) is 0 Å². The summed E-state index contributed by atoms with van der Waals surface area (Å²) >= 11 is 0. The van der Waals surface area contributed by atoms with E-state index in [9.17, 15) is 9.59 Å². The third kappa shape index (κ3) is 8.95. The van der Waals surface area contributed by atoms with E-state index in [2.05, 4.69) is 5.32 Å². The maximum absolute atomic E-state index is 10.9. The monoisotopic (exact) mass is 205 g/mol. The molecule has 0 aromatic carbocycles. The fraction of sp³-hybridized carbons (Fsp3) is 0.750.